The fraction of sp³-hybridized carbons (Fsp3) is 0.267. The van der Waals surface area contributed by atoms with E-state index in [9.17, 15) is 4.79 Å². The van der Waals surface area contributed by atoms with E-state index in [0.29, 0.717) is 0 Å². The van der Waals surface area contributed by atoms with Crippen molar-refractivity contribution in [1.29, 1.82) is 0 Å². The Morgan fingerprint density at radius 3 is 2.78 bits per heavy atom. The van der Waals surface area contributed by atoms with Crippen LogP contribution < -0.4 is 10.6 Å². The van der Waals surface area contributed by atoms with Crippen LogP contribution >= 0.6 is 0 Å². The fourth-order valence-electron chi connectivity index (χ4n) is 2.40. The first kappa shape index (κ1) is 11.2. The second kappa shape index (κ2) is 4.78. The molecule has 2 N–H and O–H groups in total. The second-order valence-electron chi connectivity index (χ2n) is 4.70. The minimum atomic E-state index is -0.0310. The summed E-state index contributed by atoms with van der Waals surface area (Å²) in [5.41, 5.74) is 0.868. The maximum Gasteiger partial charge on any atom is 0.241 e. The lowest BCUT2D eigenvalue weighted by Gasteiger charge is -2.11. The Labute approximate surface area is 106 Å². The number of hydrogen-bond donors (Lipinski definition) is 2. The van der Waals surface area contributed by atoms with Gasteiger partial charge in [0.2, 0.25) is 5.91 Å². The summed E-state index contributed by atoms with van der Waals surface area (Å²) < 4.78 is 0. The van der Waals surface area contributed by atoms with Crippen molar-refractivity contribution in [1.82, 2.24) is 5.32 Å². The first-order chi connectivity index (χ1) is 8.83. The number of anilines is 1. The molecule has 0 aromatic heterocycles. The first-order valence-corrected chi connectivity index (χ1v) is 6.36. The van der Waals surface area contributed by atoms with E-state index >= 15 is 0 Å². The molecule has 0 aliphatic carbocycles. The molecule has 0 unspecified atom stereocenters. The van der Waals surface area contributed by atoms with E-state index in [1.807, 2.05) is 30.3 Å². The molecule has 1 saturated heterocycles. The van der Waals surface area contributed by atoms with E-state index in [0.717, 1.165) is 30.5 Å². The molecule has 3 rings (SSSR count). The van der Waals surface area contributed by atoms with Crippen molar-refractivity contribution >= 4 is 22.4 Å². The third kappa shape index (κ3) is 2.22. The number of amides is 1. The first-order valence-electron chi connectivity index (χ1n) is 6.36. The third-order valence-electron chi connectivity index (χ3n) is 3.39. The number of hydrogen-bond acceptors (Lipinski definition) is 2. The molecular weight excluding hydrogens is 224 g/mol. The van der Waals surface area contributed by atoms with Gasteiger partial charge >= 0.3 is 0 Å². The zero-order chi connectivity index (χ0) is 12.4. The highest BCUT2D eigenvalue weighted by Crippen LogP contribution is 2.19. The van der Waals surface area contributed by atoms with Crippen LogP contribution in [0.4, 0.5) is 5.69 Å². The van der Waals surface area contributed by atoms with Gasteiger partial charge in [-0.2, -0.15) is 0 Å². The molecule has 1 fully saturated rings. The summed E-state index contributed by atoms with van der Waals surface area (Å²) in [6.07, 6.45) is 2.01. The van der Waals surface area contributed by atoms with Crippen LogP contribution in [0.1, 0.15) is 12.8 Å². The standard InChI is InChI=1S/C15H16N2O/c18-15(14-6-3-9-16-14)17-13-8-7-11-4-1-2-5-12(11)10-13/h1-2,4-5,7-8,10,14,16H,3,6,9H2,(H,17,18)/t14-/m1/s1. The molecule has 1 aliphatic rings. The van der Waals surface area contributed by atoms with Gasteiger partial charge in [-0.3, -0.25) is 4.79 Å². The quantitative estimate of drug-likeness (QED) is 0.847. The Balaban J connectivity index is 1.79. The lowest BCUT2D eigenvalue weighted by Crippen LogP contribution is -2.35. The number of benzene rings is 2. The molecule has 92 valence electrons. The van der Waals surface area contributed by atoms with Gasteiger partial charge in [-0.15, -0.1) is 0 Å². The lowest BCUT2D eigenvalue weighted by atomic mass is 10.1. The van der Waals surface area contributed by atoms with Crippen LogP contribution in [0.5, 0.6) is 0 Å². The molecule has 0 spiro atoms. The molecule has 18 heavy (non-hydrogen) atoms. The monoisotopic (exact) mass is 240 g/mol. The van der Waals surface area contributed by atoms with Gasteiger partial charge in [0.1, 0.15) is 0 Å². The van der Waals surface area contributed by atoms with E-state index in [1.165, 1.54) is 5.39 Å². The predicted molar refractivity (Wildman–Crippen MR) is 73.6 cm³/mol. The highest BCUT2D eigenvalue weighted by molar-refractivity contribution is 5.97. The number of nitrogens with one attached hydrogen (secondary N) is 2. The number of fused-ring (bicyclic) bond motifs is 1. The van der Waals surface area contributed by atoms with Crippen LogP contribution in [-0.4, -0.2) is 18.5 Å². The molecule has 0 radical (unpaired) electrons. The van der Waals surface area contributed by atoms with Crippen molar-refractivity contribution in [2.75, 3.05) is 11.9 Å². The number of carbonyl (C=O) groups is 1. The van der Waals surface area contributed by atoms with Crippen LogP contribution in [0.2, 0.25) is 0 Å². The maximum absolute atomic E-state index is 12.0. The predicted octanol–water partition coefficient (Wildman–Crippen LogP) is 2.53. The zero-order valence-electron chi connectivity index (χ0n) is 10.1. The normalized spacial score (nSPS) is 19.0. The average Bonchev–Trinajstić information content (AvgIpc) is 2.92. The van der Waals surface area contributed by atoms with Crippen molar-refractivity contribution in [3.05, 3.63) is 42.5 Å². The van der Waals surface area contributed by atoms with Crippen LogP contribution in [0, 0.1) is 0 Å². The van der Waals surface area contributed by atoms with Crippen molar-refractivity contribution in [2.45, 2.75) is 18.9 Å². The fourth-order valence-corrected chi connectivity index (χ4v) is 2.40. The lowest BCUT2D eigenvalue weighted by molar-refractivity contribution is -0.117. The summed E-state index contributed by atoms with van der Waals surface area (Å²) in [7, 11) is 0. The van der Waals surface area contributed by atoms with E-state index in [4.69, 9.17) is 0 Å². The zero-order valence-corrected chi connectivity index (χ0v) is 10.1. The molecule has 1 atom stereocenters. The summed E-state index contributed by atoms with van der Waals surface area (Å²) in [5, 5.41) is 8.51. The van der Waals surface area contributed by atoms with Gasteiger partial charge in [-0.05, 0) is 42.3 Å². The Bertz CT molecular complexity index is 573. The number of carbonyl (C=O) groups excluding carboxylic acids is 1. The second-order valence-corrected chi connectivity index (χ2v) is 4.70. The topological polar surface area (TPSA) is 41.1 Å². The third-order valence-corrected chi connectivity index (χ3v) is 3.39. The largest absolute Gasteiger partial charge is 0.325 e. The Morgan fingerprint density at radius 2 is 2.00 bits per heavy atom. The maximum atomic E-state index is 12.0. The SMILES string of the molecule is O=C(Nc1ccc2ccccc2c1)[C@H]1CCCN1. The van der Waals surface area contributed by atoms with Crippen LogP contribution in [0.25, 0.3) is 10.8 Å². The Hall–Kier alpha value is -1.87. The van der Waals surface area contributed by atoms with Gasteiger partial charge in [0.05, 0.1) is 6.04 Å². The van der Waals surface area contributed by atoms with Gasteiger partial charge in [0.25, 0.3) is 0 Å². The minimum absolute atomic E-state index is 0.0310. The van der Waals surface area contributed by atoms with Gasteiger partial charge in [-0.1, -0.05) is 30.3 Å². The van der Waals surface area contributed by atoms with E-state index in [2.05, 4.69) is 22.8 Å². The molecule has 3 nitrogen and oxygen atoms in total. The Kier molecular flexibility index (Phi) is 2.99. The van der Waals surface area contributed by atoms with Crippen LogP contribution in [-0.2, 0) is 4.79 Å². The van der Waals surface area contributed by atoms with Gasteiger partial charge < -0.3 is 10.6 Å². The van der Waals surface area contributed by atoms with Gasteiger partial charge in [0, 0.05) is 5.69 Å². The van der Waals surface area contributed by atoms with Crippen LogP contribution in [0.3, 0.4) is 0 Å². The minimum Gasteiger partial charge on any atom is -0.325 e. The highest BCUT2D eigenvalue weighted by Gasteiger charge is 2.21. The Morgan fingerprint density at radius 1 is 1.17 bits per heavy atom. The van der Waals surface area contributed by atoms with Gasteiger partial charge in [-0.25, -0.2) is 0 Å². The molecule has 0 saturated carbocycles. The molecule has 1 aliphatic heterocycles. The van der Waals surface area contributed by atoms with Gasteiger partial charge in [0.15, 0.2) is 0 Å². The van der Waals surface area contributed by atoms with E-state index in [1.54, 1.807) is 0 Å². The highest BCUT2D eigenvalue weighted by atomic mass is 16.2. The molecule has 1 amide bonds. The van der Waals surface area contributed by atoms with E-state index in [-0.39, 0.29) is 11.9 Å². The molecular formula is C15H16N2O. The van der Waals surface area contributed by atoms with Crippen molar-refractivity contribution in [3.63, 3.8) is 0 Å². The van der Waals surface area contributed by atoms with Crippen molar-refractivity contribution in [2.24, 2.45) is 0 Å². The number of rotatable bonds is 2. The summed E-state index contributed by atoms with van der Waals surface area (Å²) in [5.74, 6) is 0.0720. The molecule has 3 heteroatoms. The molecule has 2 aromatic carbocycles. The molecule has 1 heterocycles. The summed E-state index contributed by atoms with van der Waals surface area (Å²) in [4.78, 5) is 12.0. The van der Waals surface area contributed by atoms with Crippen molar-refractivity contribution in [3.8, 4) is 0 Å². The summed E-state index contributed by atoms with van der Waals surface area (Å²) in [6.45, 7) is 0.940. The van der Waals surface area contributed by atoms with Crippen LogP contribution in [0.15, 0.2) is 42.5 Å². The molecule has 0 bridgehead atoms. The van der Waals surface area contributed by atoms with E-state index < -0.39 is 0 Å². The summed E-state index contributed by atoms with van der Waals surface area (Å²) in [6, 6.07) is 14.1. The average molecular weight is 240 g/mol. The summed E-state index contributed by atoms with van der Waals surface area (Å²) >= 11 is 0. The molecule has 2 aromatic rings. The van der Waals surface area contributed by atoms with Crippen molar-refractivity contribution < 1.29 is 4.79 Å². The smallest absolute Gasteiger partial charge is 0.241 e.